The van der Waals surface area contributed by atoms with Gasteiger partial charge in [0, 0.05) is 12.0 Å². The van der Waals surface area contributed by atoms with Gasteiger partial charge in [-0.3, -0.25) is 4.79 Å². The van der Waals surface area contributed by atoms with E-state index in [2.05, 4.69) is 10.5 Å². The van der Waals surface area contributed by atoms with Crippen LogP contribution in [-0.4, -0.2) is 17.0 Å². The van der Waals surface area contributed by atoms with Crippen molar-refractivity contribution in [2.75, 3.05) is 5.32 Å². The molecule has 0 saturated carbocycles. The van der Waals surface area contributed by atoms with Crippen molar-refractivity contribution in [3.05, 3.63) is 53.2 Å². The van der Waals surface area contributed by atoms with E-state index in [0.717, 1.165) is 12.1 Å². The smallest absolute Gasteiger partial charge is 0.291 e. The number of benzene rings is 1. The van der Waals surface area contributed by atoms with Gasteiger partial charge in [0.05, 0.1) is 5.69 Å². The second-order valence-corrected chi connectivity index (χ2v) is 4.25. The van der Waals surface area contributed by atoms with Gasteiger partial charge in [0.1, 0.15) is 11.6 Å². The van der Waals surface area contributed by atoms with Crippen LogP contribution < -0.4 is 11.1 Å². The van der Waals surface area contributed by atoms with E-state index in [4.69, 9.17) is 15.4 Å². The normalized spacial score (nSPS) is 11.4. The third kappa shape index (κ3) is 3.19. The van der Waals surface area contributed by atoms with Crippen LogP contribution in [0, 0.1) is 5.82 Å². The first-order valence-electron chi connectivity index (χ1n) is 6.22. The summed E-state index contributed by atoms with van der Waals surface area (Å²) in [5.74, 6) is -0.579. The number of halogens is 1. The molecular weight excluding hydrogens is 277 g/mol. The standard InChI is InChI=1S/C14H14FN3O3/c1-2-9-4-6-12(21-9)14(19)17-11-5-3-8(15)7-10(11)13(16)18-20/h3-7,20H,2H2,1H3,(H2,16,18)(H,17,19). The Morgan fingerprint density at radius 1 is 1.43 bits per heavy atom. The molecule has 0 bridgehead atoms. The maximum Gasteiger partial charge on any atom is 0.291 e. The number of furan rings is 1. The van der Waals surface area contributed by atoms with Gasteiger partial charge in [-0.25, -0.2) is 4.39 Å². The summed E-state index contributed by atoms with van der Waals surface area (Å²) in [6, 6.07) is 6.78. The number of nitrogens with one attached hydrogen (secondary N) is 1. The molecule has 0 atom stereocenters. The summed E-state index contributed by atoms with van der Waals surface area (Å²) < 4.78 is 18.6. The van der Waals surface area contributed by atoms with E-state index in [9.17, 15) is 9.18 Å². The van der Waals surface area contributed by atoms with Gasteiger partial charge in [-0.2, -0.15) is 0 Å². The predicted molar refractivity (Wildman–Crippen MR) is 75.0 cm³/mol. The van der Waals surface area contributed by atoms with Crippen LogP contribution in [0.2, 0.25) is 0 Å². The molecule has 0 aliphatic rings. The molecular formula is C14H14FN3O3. The highest BCUT2D eigenvalue weighted by molar-refractivity contribution is 6.08. The van der Waals surface area contributed by atoms with E-state index < -0.39 is 11.7 Å². The van der Waals surface area contributed by atoms with Crippen molar-refractivity contribution in [1.29, 1.82) is 0 Å². The Morgan fingerprint density at radius 3 is 2.81 bits per heavy atom. The lowest BCUT2D eigenvalue weighted by Gasteiger charge is -2.09. The van der Waals surface area contributed by atoms with E-state index >= 15 is 0 Å². The Morgan fingerprint density at radius 2 is 2.19 bits per heavy atom. The number of anilines is 1. The van der Waals surface area contributed by atoms with Crippen LogP contribution in [0.3, 0.4) is 0 Å². The summed E-state index contributed by atoms with van der Waals surface area (Å²) >= 11 is 0. The average Bonchev–Trinajstić information content (AvgIpc) is 2.97. The van der Waals surface area contributed by atoms with Crippen molar-refractivity contribution in [2.45, 2.75) is 13.3 Å². The largest absolute Gasteiger partial charge is 0.456 e. The van der Waals surface area contributed by atoms with Crippen LogP contribution >= 0.6 is 0 Å². The molecule has 0 radical (unpaired) electrons. The third-order valence-electron chi connectivity index (χ3n) is 2.85. The molecule has 2 aromatic rings. The second kappa shape index (κ2) is 6.08. The van der Waals surface area contributed by atoms with E-state index in [0.29, 0.717) is 12.2 Å². The summed E-state index contributed by atoms with van der Waals surface area (Å²) in [4.78, 5) is 12.0. The molecule has 1 aromatic heterocycles. The maximum absolute atomic E-state index is 13.2. The molecule has 1 heterocycles. The molecule has 7 heteroatoms. The first-order valence-corrected chi connectivity index (χ1v) is 6.22. The number of carbonyl (C=O) groups excluding carboxylic acids is 1. The minimum absolute atomic E-state index is 0.0770. The van der Waals surface area contributed by atoms with Gasteiger partial charge in [-0.15, -0.1) is 0 Å². The topological polar surface area (TPSA) is 101 Å². The van der Waals surface area contributed by atoms with Crippen molar-refractivity contribution in [3.8, 4) is 0 Å². The highest BCUT2D eigenvalue weighted by Crippen LogP contribution is 2.19. The van der Waals surface area contributed by atoms with Gasteiger partial charge in [0.2, 0.25) is 0 Å². The predicted octanol–water partition coefficient (Wildman–Crippen LogP) is 2.33. The van der Waals surface area contributed by atoms with E-state index in [1.165, 1.54) is 6.07 Å². The molecule has 0 saturated heterocycles. The minimum Gasteiger partial charge on any atom is -0.456 e. The van der Waals surface area contributed by atoms with Crippen LogP contribution in [-0.2, 0) is 6.42 Å². The number of nitrogens with two attached hydrogens (primary N) is 1. The second-order valence-electron chi connectivity index (χ2n) is 4.25. The lowest BCUT2D eigenvalue weighted by Crippen LogP contribution is -2.19. The molecule has 2 rings (SSSR count). The van der Waals surface area contributed by atoms with Gasteiger partial charge in [-0.1, -0.05) is 12.1 Å². The molecule has 21 heavy (non-hydrogen) atoms. The van der Waals surface area contributed by atoms with Crippen LogP contribution in [0.5, 0.6) is 0 Å². The third-order valence-corrected chi connectivity index (χ3v) is 2.85. The van der Waals surface area contributed by atoms with Gasteiger partial charge >= 0.3 is 0 Å². The van der Waals surface area contributed by atoms with E-state index in [1.54, 1.807) is 12.1 Å². The van der Waals surface area contributed by atoms with E-state index in [-0.39, 0.29) is 22.8 Å². The summed E-state index contributed by atoms with van der Waals surface area (Å²) in [6.07, 6.45) is 0.666. The van der Waals surface area contributed by atoms with Gasteiger partial charge < -0.3 is 20.7 Å². The molecule has 110 valence electrons. The fourth-order valence-electron chi connectivity index (χ4n) is 1.77. The Bertz CT molecular complexity index is 695. The summed E-state index contributed by atoms with van der Waals surface area (Å²) in [6.45, 7) is 1.90. The Kier molecular flexibility index (Phi) is 4.22. The van der Waals surface area contributed by atoms with Crippen molar-refractivity contribution in [3.63, 3.8) is 0 Å². The van der Waals surface area contributed by atoms with Gasteiger partial charge in [0.25, 0.3) is 5.91 Å². The van der Waals surface area contributed by atoms with Crippen LogP contribution in [0.15, 0.2) is 39.9 Å². The van der Waals surface area contributed by atoms with Crippen LogP contribution in [0.1, 0.15) is 28.8 Å². The average molecular weight is 291 g/mol. The van der Waals surface area contributed by atoms with Crippen molar-refractivity contribution in [2.24, 2.45) is 10.9 Å². The number of nitrogens with zero attached hydrogens (tertiary/aromatic N) is 1. The highest BCUT2D eigenvalue weighted by Gasteiger charge is 2.15. The van der Waals surface area contributed by atoms with Crippen LogP contribution in [0.25, 0.3) is 0 Å². The zero-order valence-electron chi connectivity index (χ0n) is 11.3. The number of rotatable bonds is 4. The van der Waals surface area contributed by atoms with Gasteiger partial charge in [-0.05, 0) is 30.3 Å². The summed E-state index contributed by atoms with van der Waals surface area (Å²) in [5, 5.41) is 14.0. The molecule has 0 unspecified atom stereocenters. The Hall–Kier alpha value is -2.83. The number of hydrogen-bond donors (Lipinski definition) is 3. The molecule has 1 amide bonds. The van der Waals surface area contributed by atoms with Crippen molar-refractivity contribution < 1.29 is 18.8 Å². The monoisotopic (exact) mass is 291 g/mol. The molecule has 4 N–H and O–H groups in total. The van der Waals surface area contributed by atoms with Crippen molar-refractivity contribution in [1.82, 2.24) is 0 Å². The fraction of sp³-hybridized carbons (Fsp3) is 0.143. The summed E-state index contributed by atoms with van der Waals surface area (Å²) in [7, 11) is 0. The zero-order valence-corrected chi connectivity index (χ0v) is 11.3. The lowest BCUT2D eigenvalue weighted by atomic mass is 10.1. The van der Waals surface area contributed by atoms with Crippen LogP contribution in [0.4, 0.5) is 10.1 Å². The Balaban J connectivity index is 2.28. The Labute approximate surface area is 120 Å². The molecule has 0 aliphatic heterocycles. The molecule has 0 aliphatic carbocycles. The number of amides is 1. The number of amidine groups is 1. The van der Waals surface area contributed by atoms with E-state index in [1.807, 2.05) is 6.92 Å². The molecule has 1 aromatic carbocycles. The number of carbonyl (C=O) groups is 1. The molecule has 6 nitrogen and oxygen atoms in total. The first kappa shape index (κ1) is 14.6. The zero-order chi connectivity index (χ0) is 15.4. The summed E-state index contributed by atoms with van der Waals surface area (Å²) in [5.41, 5.74) is 5.75. The quantitative estimate of drug-likeness (QED) is 0.348. The van der Waals surface area contributed by atoms with Crippen molar-refractivity contribution >= 4 is 17.4 Å². The first-order chi connectivity index (χ1) is 10.0. The highest BCUT2D eigenvalue weighted by atomic mass is 19.1. The number of aryl methyl sites for hydroxylation is 1. The van der Waals surface area contributed by atoms with Gasteiger partial charge in [0.15, 0.2) is 11.6 Å². The molecule has 0 spiro atoms. The SMILES string of the molecule is CCc1ccc(C(=O)Nc2ccc(F)cc2/C(N)=N/O)o1. The minimum atomic E-state index is -0.569. The number of oxime groups is 1. The maximum atomic E-state index is 13.2. The molecule has 0 fully saturated rings. The lowest BCUT2D eigenvalue weighted by molar-refractivity contribution is 0.0995. The number of hydrogen-bond acceptors (Lipinski definition) is 4. The fourth-order valence-corrected chi connectivity index (χ4v) is 1.77.